The summed E-state index contributed by atoms with van der Waals surface area (Å²) in [6.07, 6.45) is 1.23. The van der Waals surface area contributed by atoms with Crippen LogP contribution in [0.25, 0.3) is 0 Å². The number of carbonyl (C=O) groups excluding carboxylic acids is 1. The first-order valence-electron chi connectivity index (χ1n) is 8.41. The van der Waals surface area contributed by atoms with Crippen LogP contribution in [0.2, 0.25) is 5.02 Å². The van der Waals surface area contributed by atoms with E-state index in [0.717, 1.165) is 0 Å². The van der Waals surface area contributed by atoms with Gasteiger partial charge in [0.25, 0.3) is 5.91 Å². The second-order valence-corrected chi connectivity index (χ2v) is 8.09. The van der Waals surface area contributed by atoms with Gasteiger partial charge in [-0.3, -0.25) is 4.79 Å². The zero-order valence-electron chi connectivity index (χ0n) is 14.9. The fourth-order valence-electron chi connectivity index (χ4n) is 2.41. The molecule has 3 rings (SSSR count). The van der Waals surface area contributed by atoms with Gasteiger partial charge in [-0.1, -0.05) is 11.6 Å². The molecule has 0 bridgehead atoms. The molecule has 8 heteroatoms. The minimum Gasteiger partial charge on any atom is -0.494 e. The minimum atomic E-state index is -3.78. The maximum Gasteiger partial charge on any atom is 0.257 e. The molecule has 0 radical (unpaired) electrons. The number of sulfone groups is 1. The lowest BCUT2D eigenvalue weighted by atomic mass is 10.2. The summed E-state index contributed by atoms with van der Waals surface area (Å²) < 4.78 is 30.5. The number of rotatable bonds is 6. The van der Waals surface area contributed by atoms with E-state index in [1.807, 2.05) is 6.92 Å². The molecule has 0 saturated heterocycles. The quantitative estimate of drug-likeness (QED) is 0.650. The normalized spacial score (nSPS) is 11.1. The number of nitrogens with one attached hydrogen (secondary N) is 1. The molecule has 6 nitrogen and oxygen atoms in total. The van der Waals surface area contributed by atoms with Gasteiger partial charge in [-0.05, 0) is 67.6 Å². The van der Waals surface area contributed by atoms with Crippen molar-refractivity contribution in [2.45, 2.75) is 16.8 Å². The summed E-state index contributed by atoms with van der Waals surface area (Å²) in [6.45, 7) is 2.45. The van der Waals surface area contributed by atoms with E-state index >= 15 is 0 Å². The van der Waals surface area contributed by atoms with Gasteiger partial charge in [0.15, 0.2) is 5.03 Å². The lowest BCUT2D eigenvalue weighted by Crippen LogP contribution is -2.13. The highest BCUT2D eigenvalue weighted by molar-refractivity contribution is 7.91. The lowest BCUT2D eigenvalue weighted by Gasteiger charge is -2.08. The summed E-state index contributed by atoms with van der Waals surface area (Å²) in [5.41, 5.74) is 0.829. The number of halogens is 1. The number of hydrogen-bond acceptors (Lipinski definition) is 5. The van der Waals surface area contributed by atoms with Crippen LogP contribution in [-0.2, 0) is 9.84 Å². The zero-order valence-corrected chi connectivity index (χ0v) is 16.5. The molecule has 1 amide bonds. The summed E-state index contributed by atoms with van der Waals surface area (Å²) >= 11 is 5.79. The van der Waals surface area contributed by atoms with Gasteiger partial charge in [-0.15, -0.1) is 0 Å². The number of aromatic nitrogens is 1. The van der Waals surface area contributed by atoms with Crippen molar-refractivity contribution in [3.05, 3.63) is 77.4 Å². The summed E-state index contributed by atoms with van der Waals surface area (Å²) in [5, 5.41) is 3.02. The minimum absolute atomic E-state index is 0.0796. The monoisotopic (exact) mass is 416 g/mol. The number of pyridine rings is 1. The van der Waals surface area contributed by atoms with E-state index in [2.05, 4.69) is 10.3 Å². The van der Waals surface area contributed by atoms with Gasteiger partial charge in [0.1, 0.15) is 5.75 Å². The molecule has 0 aliphatic carbocycles. The van der Waals surface area contributed by atoms with Crippen LogP contribution in [-0.4, -0.2) is 25.9 Å². The maximum absolute atomic E-state index is 12.6. The summed E-state index contributed by atoms with van der Waals surface area (Å²) in [4.78, 5) is 16.4. The molecule has 3 aromatic rings. The van der Waals surface area contributed by atoms with Crippen LogP contribution >= 0.6 is 11.6 Å². The van der Waals surface area contributed by atoms with Crippen LogP contribution in [0, 0.1) is 0 Å². The SMILES string of the molecule is CCOc1ccc(NC(=O)c2ccc(S(=O)(=O)c3ccc(Cl)cc3)nc2)cc1. The third-order valence-electron chi connectivity index (χ3n) is 3.82. The first-order valence-corrected chi connectivity index (χ1v) is 10.3. The van der Waals surface area contributed by atoms with Gasteiger partial charge in [-0.2, -0.15) is 0 Å². The number of nitrogens with zero attached hydrogens (tertiary/aromatic N) is 1. The maximum atomic E-state index is 12.6. The van der Waals surface area contributed by atoms with E-state index in [-0.39, 0.29) is 15.5 Å². The van der Waals surface area contributed by atoms with E-state index in [4.69, 9.17) is 16.3 Å². The van der Waals surface area contributed by atoms with Crippen LogP contribution in [0.5, 0.6) is 5.75 Å². The van der Waals surface area contributed by atoms with Gasteiger partial charge in [0, 0.05) is 16.9 Å². The molecule has 1 N–H and O–H groups in total. The van der Waals surface area contributed by atoms with E-state index in [1.54, 1.807) is 24.3 Å². The second-order valence-electron chi connectivity index (χ2n) is 5.75. The van der Waals surface area contributed by atoms with Crippen molar-refractivity contribution in [2.24, 2.45) is 0 Å². The molecular formula is C20H17ClN2O4S. The molecule has 0 spiro atoms. The highest BCUT2D eigenvalue weighted by Crippen LogP contribution is 2.21. The van der Waals surface area contributed by atoms with Crippen molar-refractivity contribution in [1.82, 2.24) is 4.98 Å². The predicted octanol–water partition coefficient (Wildman–Crippen LogP) is 4.22. The van der Waals surface area contributed by atoms with Crippen LogP contribution in [0.3, 0.4) is 0 Å². The fourth-order valence-corrected chi connectivity index (χ4v) is 3.71. The van der Waals surface area contributed by atoms with Crippen molar-refractivity contribution < 1.29 is 17.9 Å². The van der Waals surface area contributed by atoms with Crippen LogP contribution in [0.1, 0.15) is 17.3 Å². The summed E-state index contributed by atoms with van der Waals surface area (Å²) in [6, 6.07) is 15.5. The number of amides is 1. The Labute approximate surface area is 168 Å². The first kappa shape index (κ1) is 19.9. The molecule has 0 aliphatic heterocycles. The fraction of sp³-hybridized carbons (Fsp3) is 0.100. The largest absolute Gasteiger partial charge is 0.494 e. The molecule has 0 aliphatic rings. The average Bonchev–Trinajstić information content (AvgIpc) is 2.70. The van der Waals surface area contributed by atoms with Crippen LogP contribution in [0.15, 0.2) is 76.8 Å². The number of hydrogen-bond donors (Lipinski definition) is 1. The molecule has 0 unspecified atom stereocenters. The van der Waals surface area contributed by atoms with Crippen molar-refractivity contribution in [3.8, 4) is 5.75 Å². The van der Waals surface area contributed by atoms with Crippen molar-refractivity contribution in [3.63, 3.8) is 0 Å². The van der Waals surface area contributed by atoms with Gasteiger partial charge >= 0.3 is 0 Å². The van der Waals surface area contributed by atoms with Crippen molar-refractivity contribution in [2.75, 3.05) is 11.9 Å². The first-order chi connectivity index (χ1) is 13.4. The van der Waals surface area contributed by atoms with Crippen molar-refractivity contribution in [1.29, 1.82) is 0 Å². The molecule has 144 valence electrons. The van der Waals surface area contributed by atoms with Crippen LogP contribution in [0.4, 0.5) is 5.69 Å². The van der Waals surface area contributed by atoms with E-state index in [9.17, 15) is 13.2 Å². The molecule has 2 aromatic carbocycles. The Kier molecular flexibility index (Phi) is 5.96. The molecule has 28 heavy (non-hydrogen) atoms. The molecular weight excluding hydrogens is 400 g/mol. The third-order valence-corrected chi connectivity index (χ3v) is 5.76. The Morgan fingerprint density at radius 1 is 1.04 bits per heavy atom. The summed E-state index contributed by atoms with van der Waals surface area (Å²) in [7, 11) is -3.78. The Bertz CT molecular complexity index is 1060. The second kappa shape index (κ2) is 8.41. The molecule has 1 aromatic heterocycles. The van der Waals surface area contributed by atoms with E-state index < -0.39 is 15.7 Å². The average molecular weight is 417 g/mol. The van der Waals surface area contributed by atoms with Gasteiger partial charge < -0.3 is 10.1 Å². The van der Waals surface area contributed by atoms with E-state index in [0.29, 0.717) is 23.1 Å². The predicted molar refractivity (Wildman–Crippen MR) is 107 cm³/mol. The van der Waals surface area contributed by atoms with Crippen LogP contribution < -0.4 is 10.1 Å². The zero-order chi connectivity index (χ0) is 20.1. The Morgan fingerprint density at radius 3 is 2.29 bits per heavy atom. The standard InChI is InChI=1S/C20H17ClN2O4S/c1-2-27-17-8-6-16(7-9-17)23-20(24)14-3-12-19(22-13-14)28(25,26)18-10-4-15(21)5-11-18/h3-13H,2H2,1H3,(H,23,24). The highest BCUT2D eigenvalue weighted by Gasteiger charge is 2.19. The lowest BCUT2D eigenvalue weighted by molar-refractivity contribution is 0.102. The number of ether oxygens (including phenoxy) is 1. The Balaban J connectivity index is 1.74. The van der Waals surface area contributed by atoms with E-state index in [1.165, 1.54) is 42.6 Å². The van der Waals surface area contributed by atoms with Gasteiger partial charge in [-0.25, -0.2) is 13.4 Å². The molecule has 0 saturated carbocycles. The van der Waals surface area contributed by atoms with Gasteiger partial charge in [0.2, 0.25) is 9.84 Å². The molecule has 1 heterocycles. The van der Waals surface area contributed by atoms with Crippen molar-refractivity contribution >= 4 is 33.0 Å². The van der Waals surface area contributed by atoms with Gasteiger partial charge in [0.05, 0.1) is 17.1 Å². The Morgan fingerprint density at radius 2 is 1.71 bits per heavy atom. The molecule has 0 atom stereocenters. The summed E-state index contributed by atoms with van der Waals surface area (Å²) in [5.74, 6) is 0.311. The molecule has 0 fully saturated rings. The topological polar surface area (TPSA) is 85.4 Å². The number of carbonyl (C=O) groups is 1. The third kappa shape index (κ3) is 4.49. The smallest absolute Gasteiger partial charge is 0.257 e. The highest BCUT2D eigenvalue weighted by atomic mass is 35.5. The Hall–Kier alpha value is -2.90. The number of benzene rings is 2. The number of anilines is 1.